The lowest BCUT2D eigenvalue weighted by Crippen LogP contribution is -2.48. The highest BCUT2D eigenvalue weighted by Gasteiger charge is 2.35. The van der Waals surface area contributed by atoms with Crippen molar-refractivity contribution in [3.63, 3.8) is 0 Å². The number of hydroxylamine groups is 1. The number of carbonyl (C=O) groups is 2. The van der Waals surface area contributed by atoms with E-state index in [9.17, 15) is 19.2 Å². The van der Waals surface area contributed by atoms with Crippen molar-refractivity contribution in [2.75, 3.05) is 5.43 Å². The van der Waals surface area contributed by atoms with Crippen LogP contribution in [0.3, 0.4) is 0 Å². The summed E-state index contributed by atoms with van der Waals surface area (Å²) in [5.41, 5.74) is 6.04. The molecule has 1 aromatic heterocycles. The van der Waals surface area contributed by atoms with Crippen LogP contribution in [0, 0.1) is 17.8 Å². The number of aryl methyl sites for hydroxylation is 1. The van der Waals surface area contributed by atoms with Crippen LogP contribution in [0.1, 0.15) is 44.2 Å². The summed E-state index contributed by atoms with van der Waals surface area (Å²) in [6.45, 7) is 4.09. The first kappa shape index (κ1) is 29.5. The summed E-state index contributed by atoms with van der Waals surface area (Å²) in [6.07, 6.45) is 2.16. The van der Waals surface area contributed by atoms with E-state index in [1.54, 1.807) is 24.3 Å². The zero-order chi connectivity index (χ0) is 29.2. The molecule has 4 aromatic rings. The number of H-pyrrole nitrogens is 1. The fourth-order valence-corrected chi connectivity index (χ4v) is 4.95. The minimum atomic E-state index is -0.816. The quantitative estimate of drug-likeness (QED) is 0.212. The predicted octanol–water partition coefficient (Wildman–Crippen LogP) is 4.31. The van der Waals surface area contributed by atoms with Gasteiger partial charge in [0, 0.05) is 0 Å². The molecular formula is C32H36N4O5. The molecule has 4 rings (SSSR count). The highest BCUT2D eigenvalue weighted by molar-refractivity contribution is 5.91. The van der Waals surface area contributed by atoms with Gasteiger partial charge in [-0.25, -0.2) is 10.3 Å². The monoisotopic (exact) mass is 556 g/mol. The molecule has 0 bridgehead atoms. The second-order valence-electron chi connectivity index (χ2n) is 10.6. The average molecular weight is 557 g/mol. The minimum absolute atomic E-state index is 0.0621. The van der Waals surface area contributed by atoms with E-state index in [0.717, 1.165) is 17.5 Å². The molecule has 9 heteroatoms. The van der Waals surface area contributed by atoms with Gasteiger partial charge in [-0.1, -0.05) is 86.6 Å². The van der Waals surface area contributed by atoms with Gasteiger partial charge >= 0.3 is 5.69 Å². The Bertz CT molecular complexity index is 1560. The van der Waals surface area contributed by atoms with Crippen molar-refractivity contribution in [1.82, 2.24) is 15.1 Å². The smallest absolute Gasteiger partial charge is 0.305 e. The molecule has 9 nitrogen and oxygen atoms in total. The van der Waals surface area contributed by atoms with Crippen LogP contribution in [0.25, 0.3) is 10.9 Å². The topological polar surface area (TPSA) is 122 Å². The van der Waals surface area contributed by atoms with Crippen LogP contribution >= 0.6 is 0 Å². The minimum Gasteiger partial charge on any atom is -0.305 e. The summed E-state index contributed by atoms with van der Waals surface area (Å²) in [7, 11) is 0. The Morgan fingerprint density at radius 3 is 2.15 bits per heavy atom. The second kappa shape index (κ2) is 14.2. The number of hydrogen-bond donors (Lipinski definition) is 3. The Morgan fingerprint density at radius 2 is 1.46 bits per heavy atom. The number of benzene rings is 3. The van der Waals surface area contributed by atoms with Crippen molar-refractivity contribution < 1.29 is 14.4 Å². The number of rotatable bonds is 13. The molecular weight excluding hydrogens is 520 g/mol. The number of aromatic amines is 1. The van der Waals surface area contributed by atoms with E-state index < -0.39 is 34.9 Å². The maximum absolute atomic E-state index is 13.7. The first-order chi connectivity index (χ1) is 19.8. The predicted molar refractivity (Wildman–Crippen MR) is 158 cm³/mol. The van der Waals surface area contributed by atoms with Crippen LogP contribution in [-0.2, 0) is 27.5 Å². The third-order valence-electron chi connectivity index (χ3n) is 6.99. The van der Waals surface area contributed by atoms with Gasteiger partial charge in [-0.05, 0) is 54.9 Å². The number of para-hydroxylation sites is 1. The Kier molecular flexibility index (Phi) is 10.2. The fourth-order valence-electron chi connectivity index (χ4n) is 4.95. The summed E-state index contributed by atoms with van der Waals surface area (Å²) in [6, 6.07) is 25.9. The maximum Gasteiger partial charge on any atom is 0.348 e. The molecule has 1 heterocycles. The Hall–Kier alpha value is -4.50. The van der Waals surface area contributed by atoms with Gasteiger partial charge in [-0.2, -0.15) is 4.68 Å². The van der Waals surface area contributed by atoms with E-state index in [0.29, 0.717) is 29.5 Å². The van der Waals surface area contributed by atoms with Crippen molar-refractivity contribution in [3.8, 4) is 0 Å². The average Bonchev–Trinajstić information content (AvgIpc) is 2.97. The second-order valence-corrected chi connectivity index (χ2v) is 10.6. The fraction of sp³-hybridized carbons (Fsp3) is 0.312. The van der Waals surface area contributed by atoms with Crippen molar-refractivity contribution >= 4 is 22.7 Å². The molecule has 0 fully saturated rings. The summed E-state index contributed by atoms with van der Waals surface area (Å²) >= 11 is 0. The van der Waals surface area contributed by atoms with E-state index >= 15 is 0 Å². The summed E-state index contributed by atoms with van der Waals surface area (Å²) in [5.74, 6) is -2.51. The van der Waals surface area contributed by atoms with E-state index in [2.05, 4.69) is 15.9 Å². The highest BCUT2D eigenvalue weighted by Crippen LogP contribution is 2.27. The number of fused-ring (bicyclic) bond motifs is 1. The number of nitrogens with zero attached hydrogens (tertiary/aromatic N) is 1. The maximum atomic E-state index is 13.7. The van der Waals surface area contributed by atoms with Gasteiger partial charge in [0.15, 0.2) is 0 Å². The molecule has 0 aliphatic carbocycles. The molecule has 0 aliphatic rings. The number of aromatic nitrogens is 2. The highest BCUT2D eigenvalue weighted by atomic mass is 16.6. The van der Waals surface area contributed by atoms with E-state index in [1.807, 2.05) is 74.5 Å². The zero-order valence-electron chi connectivity index (χ0n) is 23.3. The van der Waals surface area contributed by atoms with Gasteiger partial charge in [0.05, 0.1) is 29.3 Å². The van der Waals surface area contributed by atoms with Crippen LogP contribution in [0.2, 0.25) is 0 Å². The number of nitrogens with one attached hydrogen (secondary N) is 3. The van der Waals surface area contributed by atoms with Crippen LogP contribution in [-0.4, -0.2) is 21.5 Å². The lowest BCUT2D eigenvalue weighted by atomic mass is 9.81. The van der Waals surface area contributed by atoms with E-state index in [-0.39, 0.29) is 17.9 Å². The van der Waals surface area contributed by atoms with Crippen molar-refractivity contribution in [3.05, 3.63) is 117 Å². The Labute approximate surface area is 238 Å². The lowest BCUT2D eigenvalue weighted by molar-refractivity contribution is -0.144. The van der Waals surface area contributed by atoms with Crippen molar-refractivity contribution in [2.24, 2.45) is 17.8 Å². The number of hydrogen-bond acceptors (Lipinski definition) is 5. The lowest BCUT2D eigenvalue weighted by Gasteiger charge is -2.27. The SMILES string of the molecule is CC(C)C[C@@H](C(=O)Nn1c(=O)[nH]c2ccccc2c1=O)[C@H](CCCc1ccccc1)C(=O)NOCc1ccccc1. The van der Waals surface area contributed by atoms with Gasteiger partial charge < -0.3 is 4.98 Å². The van der Waals surface area contributed by atoms with Gasteiger partial charge in [-0.15, -0.1) is 0 Å². The Balaban J connectivity index is 1.57. The van der Waals surface area contributed by atoms with Gasteiger partial charge in [0.25, 0.3) is 5.56 Å². The molecule has 214 valence electrons. The molecule has 3 aromatic carbocycles. The molecule has 0 spiro atoms. The van der Waals surface area contributed by atoms with Crippen LogP contribution < -0.4 is 22.2 Å². The number of carbonyl (C=O) groups excluding carboxylic acids is 2. The van der Waals surface area contributed by atoms with Crippen LogP contribution in [0.4, 0.5) is 0 Å². The number of amides is 2. The normalized spacial score (nSPS) is 12.7. The first-order valence-corrected chi connectivity index (χ1v) is 13.9. The standard InChI is InChI=1S/C32H36N4O5/c1-22(2)20-27(29(37)34-36-31(39)26-17-9-10-19-28(26)33-32(36)40)25(18-11-16-23-12-5-3-6-13-23)30(38)35-41-21-24-14-7-4-8-15-24/h3-10,12-15,17,19,22,25,27H,11,16,18,20-21H2,1-2H3,(H,33,40)(H,34,37)(H,35,38)/t25-,27+/m0/s1. The zero-order valence-corrected chi connectivity index (χ0v) is 23.3. The molecule has 2 atom stereocenters. The van der Waals surface area contributed by atoms with Crippen molar-refractivity contribution in [2.45, 2.75) is 46.1 Å². The molecule has 3 N–H and O–H groups in total. The van der Waals surface area contributed by atoms with Gasteiger partial charge in [0.2, 0.25) is 11.8 Å². The Morgan fingerprint density at radius 1 is 0.829 bits per heavy atom. The molecule has 0 radical (unpaired) electrons. The summed E-state index contributed by atoms with van der Waals surface area (Å²) in [4.78, 5) is 61.2. The van der Waals surface area contributed by atoms with Crippen LogP contribution in [0.5, 0.6) is 0 Å². The largest absolute Gasteiger partial charge is 0.348 e. The van der Waals surface area contributed by atoms with Gasteiger partial charge in [0.1, 0.15) is 0 Å². The summed E-state index contributed by atoms with van der Waals surface area (Å²) in [5, 5.41) is 0.263. The molecule has 0 aliphatic heterocycles. The molecule has 0 unspecified atom stereocenters. The van der Waals surface area contributed by atoms with Crippen LogP contribution in [0.15, 0.2) is 94.5 Å². The molecule has 0 saturated heterocycles. The van der Waals surface area contributed by atoms with E-state index in [1.165, 1.54) is 0 Å². The van der Waals surface area contributed by atoms with E-state index in [4.69, 9.17) is 4.84 Å². The van der Waals surface area contributed by atoms with Gasteiger partial charge in [-0.3, -0.25) is 24.6 Å². The summed E-state index contributed by atoms with van der Waals surface area (Å²) < 4.78 is 0.683. The molecule has 2 amide bonds. The third-order valence-corrected chi connectivity index (χ3v) is 6.99. The third kappa shape index (κ3) is 8.02. The molecule has 0 saturated carbocycles. The molecule has 41 heavy (non-hydrogen) atoms. The van der Waals surface area contributed by atoms with Crippen molar-refractivity contribution in [1.29, 1.82) is 0 Å². The first-order valence-electron chi connectivity index (χ1n) is 13.9.